The van der Waals surface area contributed by atoms with Gasteiger partial charge in [-0.25, -0.2) is 4.79 Å². The number of ether oxygens (including phenoxy) is 2. The summed E-state index contributed by atoms with van der Waals surface area (Å²) in [6.07, 6.45) is 0. The van der Waals surface area contributed by atoms with Gasteiger partial charge in [-0.05, 0) is 27.7 Å². The molecule has 7 heteroatoms. The van der Waals surface area contributed by atoms with Crippen LogP contribution in [0.5, 0.6) is 0 Å². The molecule has 0 aliphatic rings. The molecule has 94 valence electrons. The van der Waals surface area contributed by atoms with Crippen molar-refractivity contribution in [2.75, 3.05) is 0 Å². The van der Waals surface area contributed by atoms with E-state index in [1.54, 1.807) is 27.7 Å². The number of hydrogen-bond acceptors (Lipinski definition) is 7. The van der Waals surface area contributed by atoms with Crippen LogP contribution in [0.15, 0.2) is 0 Å². The molecule has 0 amide bonds. The highest BCUT2D eigenvalue weighted by molar-refractivity contribution is 7.81. The summed E-state index contributed by atoms with van der Waals surface area (Å²) in [4.78, 5) is 21.6. The maximum atomic E-state index is 11.5. The van der Waals surface area contributed by atoms with Gasteiger partial charge in [-0.3, -0.25) is 15.8 Å². The van der Waals surface area contributed by atoms with Gasteiger partial charge in [0.2, 0.25) is 0 Å². The molecule has 0 saturated heterocycles. The Labute approximate surface area is 100 Å². The van der Waals surface area contributed by atoms with Crippen LogP contribution in [-0.2, 0) is 19.1 Å². The molecule has 0 saturated carbocycles. The Balaban J connectivity index is 4.30. The maximum Gasteiger partial charge on any atom is 0.335 e. The molecule has 0 rings (SSSR count). The minimum atomic E-state index is -1.07. The van der Waals surface area contributed by atoms with Crippen molar-refractivity contribution >= 4 is 25.1 Å². The minimum Gasteiger partial charge on any atom is -0.447 e. The number of nitrogens with one attached hydrogen (secondary N) is 1. The molecule has 0 aromatic heterocycles. The van der Waals surface area contributed by atoms with Gasteiger partial charge in [-0.15, -0.1) is 12.6 Å². The summed E-state index contributed by atoms with van der Waals surface area (Å²) in [6.45, 7) is 6.51. The predicted octanol–water partition coefficient (Wildman–Crippen LogP) is -0.0210. The fourth-order valence-corrected chi connectivity index (χ4v) is 1.22. The van der Waals surface area contributed by atoms with E-state index in [0.29, 0.717) is 0 Å². The zero-order valence-electron chi connectivity index (χ0n) is 9.81. The summed E-state index contributed by atoms with van der Waals surface area (Å²) >= 11 is 3.99. The molecular weight excluding hydrogens is 232 g/mol. The van der Waals surface area contributed by atoms with Crippen LogP contribution in [0.25, 0.3) is 0 Å². The zero-order valence-corrected chi connectivity index (χ0v) is 10.7. The number of nitrogens with two attached hydrogens (primary N) is 1. The molecule has 6 nitrogen and oxygen atoms in total. The molecular formula is C9H18N2O4S. The van der Waals surface area contributed by atoms with Crippen molar-refractivity contribution in [3.63, 3.8) is 0 Å². The van der Waals surface area contributed by atoms with Crippen LogP contribution < -0.4 is 11.1 Å². The van der Waals surface area contributed by atoms with E-state index < -0.39 is 22.8 Å². The smallest absolute Gasteiger partial charge is 0.335 e. The summed E-state index contributed by atoms with van der Waals surface area (Å²) in [7, 11) is 0. The lowest BCUT2D eigenvalue weighted by molar-refractivity contribution is -0.160. The first-order valence-electron chi connectivity index (χ1n) is 4.66. The molecule has 0 aromatic rings. The highest BCUT2D eigenvalue weighted by atomic mass is 32.1. The van der Waals surface area contributed by atoms with Gasteiger partial charge in [0.15, 0.2) is 16.8 Å². The number of carbonyl (C=O) groups is 2. The fraction of sp³-hybridized carbons (Fsp3) is 0.778. The van der Waals surface area contributed by atoms with Crippen LogP contribution in [0.2, 0.25) is 0 Å². The van der Waals surface area contributed by atoms with E-state index in [0.717, 1.165) is 0 Å². The van der Waals surface area contributed by atoms with Gasteiger partial charge in [0, 0.05) is 0 Å². The quantitative estimate of drug-likeness (QED) is 0.266. The lowest BCUT2D eigenvalue weighted by Gasteiger charge is -2.28. The van der Waals surface area contributed by atoms with Gasteiger partial charge in [0.1, 0.15) is 0 Å². The van der Waals surface area contributed by atoms with E-state index in [9.17, 15) is 9.59 Å². The lowest BCUT2D eigenvalue weighted by Crippen LogP contribution is -2.51. The second-order valence-corrected chi connectivity index (χ2v) is 4.81. The lowest BCUT2D eigenvalue weighted by atomic mass is 10.3. The van der Waals surface area contributed by atoms with Crippen LogP contribution >= 0.6 is 12.6 Å². The van der Waals surface area contributed by atoms with Gasteiger partial charge < -0.3 is 9.47 Å². The van der Waals surface area contributed by atoms with Crippen LogP contribution in [0, 0.1) is 0 Å². The molecule has 0 bridgehead atoms. The van der Waals surface area contributed by atoms with Crippen molar-refractivity contribution in [1.82, 2.24) is 5.32 Å². The first-order valence-corrected chi connectivity index (χ1v) is 5.18. The summed E-state index contributed by atoms with van der Waals surface area (Å²) < 4.78 is 9.58. The number of hydrogen-bond donors (Lipinski definition) is 3. The number of rotatable bonds is 6. The Morgan fingerprint density at radius 1 is 1.44 bits per heavy atom. The average Bonchev–Trinajstić information content (AvgIpc) is 1.99. The van der Waals surface area contributed by atoms with Crippen molar-refractivity contribution in [3.05, 3.63) is 0 Å². The molecule has 0 radical (unpaired) electrons. The highest BCUT2D eigenvalue weighted by Gasteiger charge is 2.28. The van der Waals surface area contributed by atoms with Gasteiger partial charge in [0.05, 0.1) is 0 Å². The minimum absolute atomic E-state index is 0.283. The highest BCUT2D eigenvalue weighted by Crippen LogP contribution is 2.09. The second kappa shape index (κ2) is 5.51. The third-order valence-corrected chi connectivity index (χ3v) is 1.75. The van der Waals surface area contributed by atoms with E-state index in [4.69, 9.17) is 15.2 Å². The first kappa shape index (κ1) is 15.2. The Kier molecular flexibility index (Phi) is 5.24. The molecule has 1 atom stereocenters. The van der Waals surface area contributed by atoms with Crippen LogP contribution in [0.3, 0.4) is 0 Å². The first-order chi connectivity index (χ1) is 7.07. The number of esters is 1. The van der Waals surface area contributed by atoms with E-state index >= 15 is 0 Å². The van der Waals surface area contributed by atoms with Crippen molar-refractivity contribution in [2.45, 2.75) is 44.5 Å². The monoisotopic (exact) mass is 250 g/mol. The van der Waals surface area contributed by atoms with E-state index in [-0.39, 0.29) is 6.47 Å². The molecule has 16 heavy (non-hydrogen) atoms. The van der Waals surface area contributed by atoms with Crippen molar-refractivity contribution in [2.24, 2.45) is 5.73 Å². The summed E-state index contributed by atoms with van der Waals surface area (Å²) in [5.74, 6) is -0.640. The molecule has 0 heterocycles. The van der Waals surface area contributed by atoms with Crippen molar-refractivity contribution in [3.8, 4) is 0 Å². The van der Waals surface area contributed by atoms with Crippen LogP contribution in [0.4, 0.5) is 0 Å². The second-order valence-electron chi connectivity index (χ2n) is 4.30. The van der Waals surface area contributed by atoms with Crippen molar-refractivity contribution < 1.29 is 19.1 Å². The van der Waals surface area contributed by atoms with Crippen LogP contribution in [-0.4, -0.2) is 29.3 Å². The fourth-order valence-electron chi connectivity index (χ4n) is 0.858. The van der Waals surface area contributed by atoms with Crippen LogP contribution in [0.1, 0.15) is 27.7 Å². The van der Waals surface area contributed by atoms with E-state index in [2.05, 4.69) is 17.9 Å². The SMILES string of the molecule is CC(C)(N)OC(=O)C(S)NC(C)(C)OC=O. The van der Waals surface area contributed by atoms with Crippen molar-refractivity contribution in [1.29, 1.82) is 0 Å². The summed E-state index contributed by atoms with van der Waals surface area (Å²) in [5.41, 5.74) is 3.42. The molecule has 3 N–H and O–H groups in total. The molecule has 0 fully saturated rings. The van der Waals surface area contributed by atoms with Gasteiger partial charge >= 0.3 is 5.97 Å². The number of carbonyl (C=O) groups excluding carboxylic acids is 2. The standard InChI is InChI=1S/C9H18N2O4S/c1-8(2,10)15-7(13)6(16)11-9(3,4)14-5-12/h5-6,11,16H,10H2,1-4H3. The third kappa shape index (κ3) is 6.65. The number of thiol groups is 1. The predicted molar refractivity (Wildman–Crippen MR) is 61.5 cm³/mol. The largest absolute Gasteiger partial charge is 0.447 e. The van der Waals surface area contributed by atoms with E-state index in [1.807, 2.05) is 0 Å². The molecule has 0 spiro atoms. The molecule has 0 aliphatic carbocycles. The topological polar surface area (TPSA) is 90.7 Å². The Morgan fingerprint density at radius 2 is 1.94 bits per heavy atom. The third-order valence-electron chi connectivity index (χ3n) is 1.41. The van der Waals surface area contributed by atoms with Gasteiger partial charge in [-0.1, -0.05) is 0 Å². The molecule has 0 aliphatic heterocycles. The molecule has 1 unspecified atom stereocenters. The Hall–Kier alpha value is -0.790. The van der Waals surface area contributed by atoms with Gasteiger partial charge in [0.25, 0.3) is 6.47 Å². The average molecular weight is 250 g/mol. The molecule has 0 aromatic carbocycles. The Bertz CT molecular complexity index is 263. The maximum absolute atomic E-state index is 11.5. The normalized spacial score (nSPS) is 14.1. The summed E-state index contributed by atoms with van der Waals surface area (Å²) in [5, 5.41) is 1.73. The van der Waals surface area contributed by atoms with E-state index in [1.165, 1.54) is 0 Å². The van der Waals surface area contributed by atoms with Gasteiger partial charge in [-0.2, -0.15) is 0 Å². The Morgan fingerprint density at radius 3 is 2.31 bits per heavy atom. The summed E-state index contributed by atoms with van der Waals surface area (Å²) in [6, 6.07) is 0. The zero-order chi connectivity index (χ0) is 13.0.